The Kier molecular flexibility index (Phi) is 1.08. The normalized spacial score (nSPS) is 39.4. The molecule has 1 aliphatic carbocycles. The Bertz CT molecular complexity index is 68.6. The third kappa shape index (κ3) is 0.942. The molecule has 0 aliphatic heterocycles. The first-order chi connectivity index (χ1) is 3.22. The fourth-order valence-electron chi connectivity index (χ4n) is 0.780. The highest BCUT2D eigenvalue weighted by molar-refractivity contribution is 5.07. The molecule has 0 saturated heterocycles. The highest BCUT2D eigenvalue weighted by Crippen LogP contribution is 2.35. The summed E-state index contributed by atoms with van der Waals surface area (Å²) in [5.41, 5.74) is 0. The van der Waals surface area contributed by atoms with Crippen LogP contribution in [-0.2, 0) is 0 Å². The topological polar surface area (TPSA) is 20.2 Å². The standard InChI is InChI=1S/C6H11O/c1-4(2)5-3-6(5)7/h3-7H,1-2H3/t5-,6+/m0/s1. The van der Waals surface area contributed by atoms with E-state index in [2.05, 4.69) is 13.8 Å². The minimum absolute atomic E-state index is 0.0833. The maximum absolute atomic E-state index is 8.74. The summed E-state index contributed by atoms with van der Waals surface area (Å²) in [5.74, 6) is 1.13. The second kappa shape index (κ2) is 1.48. The van der Waals surface area contributed by atoms with Crippen molar-refractivity contribution < 1.29 is 5.11 Å². The smallest absolute Gasteiger partial charge is 0.0610 e. The van der Waals surface area contributed by atoms with Gasteiger partial charge in [-0.25, -0.2) is 0 Å². The van der Waals surface area contributed by atoms with Gasteiger partial charge in [-0.15, -0.1) is 0 Å². The largest absolute Gasteiger partial charge is 0.393 e. The lowest BCUT2D eigenvalue weighted by atomic mass is 10.1. The summed E-state index contributed by atoms with van der Waals surface area (Å²) in [7, 11) is 0. The van der Waals surface area contributed by atoms with E-state index in [0.29, 0.717) is 11.8 Å². The van der Waals surface area contributed by atoms with E-state index in [1.54, 1.807) is 0 Å². The average Bonchev–Trinajstić information content (AvgIpc) is 2.17. The molecule has 0 heterocycles. The molecular formula is C6H11O. The molecule has 7 heavy (non-hydrogen) atoms. The summed E-state index contributed by atoms with van der Waals surface area (Å²) in [6, 6.07) is 0. The van der Waals surface area contributed by atoms with Crippen LogP contribution in [0, 0.1) is 18.3 Å². The zero-order chi connectivity index (χ0) is 5.44. The minimum atomic E-state index is -0.0833. The molecule has 1 rings (SSSR count). The van der Waals surface area contributed by atoms with Gasteiger partial charge in [0.25, 0.3) is 0 Å². The Hall–Kier alpha value is -0.0400. The molecule has 0 aromatic rings. The van der Waals surface area contributed by atoms with Crippen molar-refractivity contribution in [2.45, 2.75) is 20.0 Å². The lowest BCUT2D eigenvalue weighted by Gasteiger charge is -1.96. The van der Waals surface area contributed by atoms with Gasteiger partial charge in [-0.05, 0) is 18.3 Å². The van der Waals surface area contributed by atoms with E-state index >= 15 is 0 Å². The van der Waals surface area contributed by atoms with Gasteiger partial charge in [-0.2, -0.15) is 0 Å². The van der Waals surface area contributed by atoms with Crippen molar-refractivity contribution >= 4 is 0 Å². The molecule has 0 bridgehead atoms. The molecule has 0 amide bonds. The first kappa shape index (κ1) is 5.10. The van der Waals surface area contributed by atoms with E-state index in [9.17, 15) is 0 Å². The van der Waals surface area contributed by atoms with Crippen molar-refractivity contribution in [3.8, 4) is 0 Å². The summed E-state index contributed by atoms with van der Waals surface area (Å²) in [4.78, 5) is 0. The molecular weight excluding hydrogens is 88.1 g/mol. The van der Waals surface area contributed by atoms with Crippen molar-refractivity contribution in [2.24, 2.45) is 11.8 Å². The molecule has 0 unspecified atom stereocenters. The van der Waals surface area contributed by atoms with Crippen LogP contribution in [0.1, 0.15) is 13.8 Å². The van der Waals surface area contributed by atoms with Gasteiger partial charge < -0.3 is 5.11 Å². The molecule has 1 radical (unpaired) electrons. The van der Waals surface area contributed by atoms with Gasteiger partial charge in [0, 0.05) is 0 Å². The van der Waals surface area contributed by atoms with Crippen LogP contribution in [0.25, 0.3) is 0 Å². The van der Waals surface area contributed by atoms with Crippen molar-refractivity contribution in [1.29, 1.82) is 0 Å². The lowest BCUT2D eigenvalue weighted by molar-refractivity contribution is 0.249. The molecule has 0 spiro atoms. The highest BCUT2D eigenvalue weighted by atomic mass is 16.3. The summed E-state index contributed by atoms with van der Waals surface area (Å²) < 4.78 is 0. The van der Waals surface area contributed by atoms with Crippen LogP contribution in [0.3, 0.4) is 0 Å². The maximum atomic E-state index is 8.74. The van der Waals surface area contributed by atoms with Gasteiger partial charge in [-0.1, -0.05) is 13.8 Å². The van der Waals surface area contributed by atoms with Crippen LogP contribution < -0.4 is 0 Å². The number of hydrogen-bond donors (Lipinski definition) is 1. The molecule has 2 atom stereocenters. The van der Waals surface area contributed by atoms with Crippen LogP contribution in [0.15, 0.2) is 0 Å². The zero-order valence-corrected chi connectivity index (χ0v) is 4.76. The number of hydrogen-bond acceptors (Lipinski definition) is 1. The Morgan fingerprint density at radius 2 is 2.00 bits per heavy atom. The van der Waals surface area contributed by atoms with Gasteiger partial charge in [0.1, 0.15) is 0 Å². The van der Waals surface area contributed by atoms with Crippen LogP contribution in [0.2, 0.25) is 0 Å². The first-order valence-electron chi connectivity index (χ1n) is 2.75. The quantitative estimate of drug-likeness (QED) is 0.516. The Morgan fingerprint density at radius 1 is 1.57 bits per heavy atom. The molecule has 0 aromatic carbocycles. The summed E-state index contributed by atoms with van der Waals surface area (Å²) in [6.45, 7) is 4.24. The third-order valence-corrected chi connectivity index (χ3v) is 1.44. The van der Waals surface area contributed by atoms with Gasteiger partial charge in [0.15, 0.2) is 0 Å². The number of aliphatic hydroxyl groups is 1. The zero-order valence-electron chi connectivity index (χ0n) is 4.76. The first-order valence-corrected chi connectivity index (χ1v) is 2.75. The fraction of sp³-hybridized carbons (Fsp3) is 0.833. The monoisotopic (exact) mass is 99.1 g/mol. The SMILES string of the molecule is CC(C)[C@@H]1[CH][C@H]1O. The Labute approximate surface area is 44.4 Å². The third-order valence-electron chi connectivity index (χ3n) is 1.44. The Morgan fingerprint density at radius 3 is 2.00 bits per heavy atom. The van der Waals surface area contributed by atoms with Crippen molar-refractivity contribution in [1.82, 2.24) is 0 Å². The maximum Gasteiger partial charge on any atom is 0.0610 e. The molecule has 0 aromatic heterocycles. The van der Waals surface area contributed by atoms with Crippen LogP contribution in [0.4, 0.5) is 0 Å². The second-order valence-corrected chi connectivity index (χ2v) is 2.50. The lowest BCUT2D eigenvalue weighted by Crippen LogP contribution is -1.93. The van der Waals surface area contributed by atoms with Gasteiger partial charge in [-0.3, -0.25) is 0 Å². The molecule has 1 nitrogen and oxygen atoms in total. The van der Waals surface area contributed by atoms with Crippen LogP contribution >= 0.6 is 0 Å². The predicted molar refractivity (Wildman–Crippen MR) is 28.6 cm³/mol. The number of rotatable bonds is 1. The van der Waals surface area contributed by atoms with E-state index in [-0.39, 0.29) is 6.10 Å². The van der Waals surface area contributed by atoms with Gasteiger partial charge in [0.05, 0.1) is 6.10 Å². The van der Waals surface area contributed by atoms with E-state index in [0.717, 1.165) is 0 Å². The molecule has 41 valence electrons. The van der Waals surface area contributed by atoms with Crippen LogP contribution in [-0.4, -0.2) is 11.2 Å². The van der Waals surface area contributed by atoms with E-state index in [1.165, 1.54) is 0 Å². The van der Waals surface area contributed by atoms with E-state index in [4.69, 9.17) is 5.11 Å². The van der Waals surface area contributed by atoms with Crippen LogP contribution in [0.5, 0.6) is 0 Å². The van der Waals surface area contributed by atoms with E-state index in [1.807, 2.05) is 6.42 Å². The molecule has 1 fully saturated rings. The summed E-state index contributed by atoms with van der Waals surface area (Å²) in [6.07, 6.45) is 1.88. The fourth-order valence-corrected chi connectivity index (χ4v) is 0.780. The van der Waals surface area contributed by atoms with Crippen molar-refractivity contribution in [3.63, 3.8) is 0 Å². The second-order valence-electron chi connectivity index (χ2n) is 2.50. The molecule has 1 heteroatoms. The van der Waals surface area contributed by atoms with Gasteiger partial charge in [0.2, 0.25) is 0 Å². The predicted octanol–water partition coefficient (Wildman–Crippen LogP) is 0.837. The average molecular weight is 99.2 g/mol. The molecule has 1 aliphatic rings. The minimum Gasteiger partial charge on any atom is -0.393 e. The summed E-state index contributed by atoms with van der Waals surface area (Å²) >= 11 is 0. The van der Waals surface area contributed by atoms with E-state index < -0.39 is 0 Å². The van der Waals surface area contributed by atoms with Crippen molar-refractivity contribution in [2.75, 3.05) is 0 Å². The van der Waals surface area contributed by atoms with Gasteiger partial charge >= 0.3 is 0 Å². The highest BCUT2D eigenvalue weighted by Gasteiger charge is 2.37. The Balaban J connectivity index is 2.20. The number of aliphatic hydroxyl groups excluding tert-OH is 1. The molecule has 1 N–H and O–H groups in total. The summed E-state index contributed by atoms with van der Waals surface area (Å²) in [5, 5.41) is 8.74. The van der Waals surface area contributed by atoms with Crippen molar-refractivity contribution in [3.05, 3.63) is 6.42 Å². The molecule has 1 saturated carbocycles.